The number of benzene rings is 2. The van der Waals surface area contributed by atoms with E-state index in [0.29, 0.717) is 21.5 Å². The van der Waals surface area contributed by atoms with E-state index in [1.807, 2.05) is 25.1 Å². The number of nitrogens with one attached hydrogen (secondary N) is 2. The van der Waals surface area contributed by atoms with Crippen LogP contribution in [-0.4, -0.2) is 5.91 Å². The first-order valence-corrected chi connectivity index (χ1v) is 7.63. The van der Waals surface area contributed by atoms with Gasteiger partial charge in [-0.25, -0.2) is 0 Å². The minimum absolute atomic E-state index is 0.235. The summed E-state index contributed by atoms with van der Waals surface area (Å²) in [5.41, 5.74) is 4.46. The number of hydrogen-bond donors (Lipinski definition) is 2. The SMILES string of the molecule is Cc1c(Br)cccc1NC(=O)c1cc2c(cc1Br)ONO2. The van der Waals surface area contributed by atoms with Gasteiger partial charge >= 0.3 is 0 Å². The molecule has 1 heterocycles. The monoisotopic (exact) mass is 412 g/mol. The molecule has 1 aliphatic heterocycles. The third-order valence-electron chi connectivity index (χ3n) is 3.10. The first-order valence-electron chi connectivity index (χ1n) is 6.05. The number of amides is 1. The first kappa shape index (κ1) is 14.4. The number of carbonyl (C=O) groups excluding carboxylic acids is 1. The minimum atomic E-state index is -0.235. The highest BCUT2D eigenvalue weighted by atomic mass is 79.9. The van der Waals surface area contributed by atoms with Crippen LogP contribution in [0.3, 0.4) is 0 Å². The first-order chi connectivity index (χ1) is 10.1. The Morgan fingerprint density at radius 3 is 2.62 bits per heavy atom. The van der Waals surface area contributed by atoms with Crippen LogP contribution in [-0.2, 0) is 0 Å². The van der Waals surface area contributed by atoms with Crippen LogP contribution in [0.1, 0.15) is 15.9 Å². The number of anilines is 1. The summed E-state index contributed by atoms with van der Waals surface area (Å²) >= 11 is 6.81. The highest BCUT2D eigenvalue weighted by molar-refractivity contribution is 9.10. The van der Waals surface area contributed by atoms with Crippen LogP contribution in [0, 0.1) is 6.92 Å². The van der Waals surface area contributed by atoms with Gasteiger partial charge in [-0.05, 0) is 40.5 Å². The lowest BCUT2D eigenvalue weighted by molar-refractivity contribution is 0.0259. The second-order valence-electron chi connectivity index (χ2n) is 4.43. The van der Waals surface area contributed by atoms with Gasteiger partial charge in [-0.3, -0.25) is 4.79 Å². The van der Waals surface area contributed by atoms with Gasteiger partial charge in [-0.1, -0.05) is 22.0 Å². The molecule has 2 aromatic rings. The molecule has 0 saturated carbocycles. The van der Waals surface area contributed by atoms with E-state index in [4.69, 9.17) is 9.68 Å². The van der Waals surface area contributed by atoms with Crippen molar-refractivity contribution in [1.82, 2.24) is 5.64 Å². The molecule has 5 nitrogen and oxygen atoms in total. The van der Waals surface area contributed by atoms with Gasteiger partial charge < -0.3 is 15.0 Å². The summed E-state index contributed by atoms with van der Waals surface area (Å²) in [6.07, 6.45) is 0. The molecule has 0 radical (unpaired) electrons. The average Bonchev–Trinajstić information content (AvgIpc) is 2.90. The van der Waals surface area contributed by atoms with Gasteiger partial charge in [0.15, 0.2) is 11.5 Å². The highest BCUT2D eigenvalue weighted by Crippen LogP contribution is 2.36. The zero-order valence-electron chi connectivity index (χ0n) is 10.9. The molecule has 1 aliphatic rings. The molecular weight excluding hydrogens is 404 g/mol. The molecule has 3 rings (SSSR count). The lowest BCUT2D eigenvalue weighted by Crippen LogP contribution is -2.14. The summed E-state index contributed by atoms with van der Waals surface area (Å²) in [6, 6.07) is 8.93. The molecule has 1 amide bonds. The average molecular weight is 414 g/mol. The fraction of sp³-hybridized carbons (Fsp3) is 0.0714. The topological polar surface area (TPSA) is 59.6 Å². The van der Waals surface area contributed by atoms with Crippen molar-refractivity contribution in [3.8, 4) is 11.5 Å². The van der Waals surface area contributed by atoms with Crippen molar-refractivity contribution in [2.24, 2.45) is 0 Å². The van der Waals surface area contributed by atoms with Crippen LogP contribution in [0.25, 0.3) is 0 Å². The molecule has 0 unspecified atom stereocenters. The van der Waals surface area contributed by atoms with E-state index in [1.54, 1.807) is 12.1 Å². The molecule has 0 aliphatic carbocycles. The molecule has 0 saturated heterocycles. The van der Waals surface area contributed by atoms with E-state index < -0.39 is 0 Å². The predicted octanol–water partition coefficient (Wildman–Crippen LogP) is 3.96. The molecule has 7 heteroatoms. The van der Waals surface area contributed by atoms with E-state index in [2.05, 4.69) is 42.8 Å². The van der Waals surface area contributed by atoms with Gasteiger partial charge in [-0.15, -0.1) is 0 Å². The van der Waals surface area contributed by atoms with Crippen molar-refractivity contribution < 1.29 is 14.5 Å². The van der Waals surface area contributed by atoms with Crippen LogP contribution in [0.4, 0.5) is 5.69 Å². The van der Waals surface area contributed by atoms with E-state index >= 15 is 0 Å². The smallest absolute Gasteiger partial charge is 0.256 e. The fourth-order valence-corrected chi connectivity index (χ4v) is 2.78. The summed E-state index contributed by atoms with van der Waals surface area (Å²) < 4.78 is 1.56. The third kappa shape index (κ3) is 2.76. The van der Waals surface area contributed by atoms with E-state index in [-0.39, 0.29) is 5.91 Å². The molecule has 0 atom stereocenters. The molecule has 2 aromatic carbocycles. The summed E-state index contributed by atoms with van der Waals surface area (Å²) in [4.78, 5) is 22.5. The lowest BCUT2D eigenvalue weighted by Gasteiger charge is -2.11. The van der Waals surface area contributed by atoms with Crippen LogP contribution < -0.4 is 20.6 Å². The molecule has 108 valence electrons. The maximum atomic E-state index is 12.4. The third-order valence-corrected chi connectivity index (χ3v) is 4.61. The van der Waals surface area contributed by atoms with Crippen molar-refractivity contribution >= 4 is 43.5 Å². The highest BCUT2D eigenvalue weighted by Gasteiger charge is 2.21. The van der Waals surface area contributed by atoms with E-state index in [1.165, 1.54) is 0 Å². The maximum Gasteiger partial charge on any atom is 0.256 e. The number of hydrogen-bond acceptors (Lipinski definition) is 4. The second-order valence-corrected chi connectivity index (χ2v) is 6.14. The van der Waals surface area contributed by atoms with E-state index in [0.717, 1.165) is 15.7 Å². The minimum Gasteiger partial charge on any atom is -0.370 e. The molecule has 2 N–H and O–H groups in total. The molecular formula is C14H10Br2N2O3. The normalized spacial score (nSPS) is 12.3. The standard InChI is InChI=1S/C14H10Br2N2O3/c1-7-9(15)3-2-4-11(7)17-14(19)8-5-12-13(6-10(8)16)21-18-20-12/h2-6,18H,1H3,(H,17,19). The van der Waals surface area contributed by atoms with Gasteiger partial charge in [0.1, 0.15) is 0 Å². The molecule has 0 fully saturated rings. The largest absolute Gasteiger partial charge is 0.370 e. The Morgan fingerprint density at radius 1 is 1.14 bits per heavy atom. The predicted molar refractivity (Wildman–Crippen MR) is 85.4 cm³/mol. The lowest BCUT2D eigenvalue weighted by atomic mass is 10.1. The quantitative estimate of drug-likeness (QED) is 0.782. The summed E-state index contributed by atoms with van der Waals surface area (Å²) in [6.45, 7) is 1.93. The van der Waals surface area contributed by atoms with Crippen LogP contribution in [0.15, 0.2) is 39.3 Å². The Bertz CT molecular complexity index is 734. The number of fused-ring (bicyclic) bond motifs is 1. The van der Waals surface area contributed by atoms with Gasteiger partial charge in [0.25, 0.3) is 5.91 Å². The summed E-state index contributed by atoms with van der Waals surface area (Å²) in [5.74, 6) is 0.757. The van der Waals surface area contributed by atoms with Crippen LogP contribution in [0.2, 0.25) is 0 Å². The van der Waals surface area contributed by atoms with Crippen molar-refractivity contribution in [2.75, 3.05) is 5.32 Å². The van der Waals surface area contributed by atoms with Crippen LogP contribution >= 0.6 is 31.9 Å². The van der Waals surface area contributed by atoms with Crippen molar-refractivity contribution in [1.29, 1.82) is 0 Å². The Hall–Kier alpha value is -1.57. The van der Waals surface area contributed by atoms with Crippen molar-refractivity contribution in [3.05, 3.63) is 50.4 Å². The fourth-order valence-electron chi connectivity index (χ4n) is 1.91. The number of rotatable bonds is 2. The zero-order valence-corrected chi connectivity index (χ0v) is 14.0. The Morgan fingerprint density at radius 2 is 1.86 bits per heavy atom. The molecule has 21 heavy (non-hydrogen) atoms. The molecule has 0 spiro atoms. The second kappa shape index (κ2) is 5.67. The molecule has 0 aromatic heterocycles. The van der Waals surface area contributed by atoms with E-state index in [9.17, 15) is 4.79 Å². The Labute approximate surface area is 137 Å². The summed E-state index contributed by atoms with van der Waals surface area (Å²) in [5, 5.41) is 2.88. The maximum absolute atomic E-state index is 12.4. The van der Waals surface area contributed by atoms with Gasteiger partial charge in [0.2, 0.25) is 0 Å². The molecule has 0 bridgehead atoms. The van der Waals surface area contributed by atoms with Crippen molar-refractivity contribution in [2.45, 2.75) is 6.92 Å². The van der Waals surface area contributed by atoms with Gasteiger partial charge in [-0.2, -0.15) is 0 Å². The Kier molecular flexibility index (Phi) is 3.88. The van der Waals surface area contributed by atoms with Gasteiger partial charge in [0.05, 0.1) is 5.56 Å². The van der Waals surface area contributed by atoms with Crippen LogP contribution in [0.5, 0.6) is 11.5 Å². The Balaban J connectivity index is 1.91. The van der Waals surface area contributed by atoms with Crippen molar-refractivity contribution in [3.63, 3.8) is 0 Å². The number of halogens is 2. The van der Waals surface area contributed by atoms with Gasteiger partial charge in [0, 0.05) is 32.4 Å². The number of carbonyl (C=O) groups is 1. The summed E-state index contributed by atoms with van der Waals surface area (Å²) in [7, 11) is 0. The zero-order chi connectivity index (χ0) is 15.0.